The summed E-state index contributed by atoms with van der Waals surface area (Å²) in [5.41, 5.74) is 3.04. The van der Waals surface area contributed by atoms with Crippen molar-refractivity contribution < 1.29 is 4.79 Å². The number of likely N-dealkylation sites (tertiary alicyclic amines) is 1. The second-order valence-electron chi connectivity index (χ2n) is 5.48. The third-order valence-electron chi connectivity index (χ3n) is 4.20. The highest BCUT2D eigenvalue weighted by molar-refractivity contribution is 5.81. The molecule has 2 aliphatic rings. The number of carbonyl (C=O) groups is 1. The first kappa shape index (κ1) is 11.0. The molecule has 17 heavy (non-hydrogen) atoms. The molecule has 2 heteroatoms. The number of benzene rings is 1. The summed E-state index contributed by atoms with van der Waals surface area (Å²) in [7, 11) is 0. The second-order valence-corrected chi connectivity index (χ2v) is 5.48. The Hall–Kier alpha value is -1.15. The third-order valence-corrected chi connectivity index (χ3v) is 4.20. The molecule has 1 aromatic rings. The highest BCUT2D eigenvalue weighted by Crippen LogP contribution is 2.35. The first-order chi connectivity index (χ1) is 8.24. The summed E-state index contributed by atoms with van der Waals surface area (Å²) in [5.74, 6) is 1.38. The highest BCUT2D eigenvalue weighted by atomic mass is 16.1. The number of hydrogen-bond acceptors (Lipinski definition) is 2. The topological polar surface area (TPSA) is 20.3 Å². The molecule has 1 aromatic carbocycles. The smallest absolute Gasteiger partial charge is 0.138 e. The molecule has 3 rings (SSSR count). The molecule has 0 aromatic heterocycles. The van der Waals surface area contributed by atoms with Crippen LogP contribution < -0.4 is 0 Å². The summed E-state index contributed by atoms with van der Waals surface area (Å²) in [6.07, 6.45) is 1.96. The standard InChI is InChI=1S/C15H19NO/c1-11-9-16(7-6-15(11)17)10-13-8-12-4-2-3-5-14(12)13/h2-5,11,13H,6-10H2,1H3. The van der Waals surface area contributed by atoms with Gasteiger partial charge in [-0.1, -0.05) is 31.2 Å². The lowest BCUT2D eigenvalue weighted by Crippen LogP contribution is -2.43. The van der Waals surface area contributed by atoms with Crippen molar-refractivity contribution in [3.63, 3.8) is 0 Å². The number of hydrogen-bond donors (Lipinski definition) is 0. The summed E-state index contributed by atoms with van der Waals surface area (Å²) in [6, 6.07) is 8.74. The minimum atomic E-state index is 0.235. The van der Waals surface area contributed by atoms with E-state index in [0.717, 1.165) is 26.1 Å². The maximum absolute atomic E-state index is 11.5. The van der Waals surface area contributed by atoms with Gasteiger partial charge in [-0.15, -0.1) is 0 Å². The predicted molar refractivity (Wildman–Crippen MR) is 68.1 cm³/mol. The molecule has 0 amide bonds. The molecule has 1 aliphatic heterocycles. The van der Waals surface area contributed by atoms with Gasteiger partial charge >= 0.3 is 0 Å². The maximum Gasteiger partial charge on any atom is 0.138 e. The Bertz CT molecular complexity index is 440. The second kappa shape index (κ2) is 4.26. The van der Waals surface area contributed by atoms with Gasteiger partial charge in [0, 0.05) is 37.9 Å². The van der Waals surface area contributed by atoms with Gasteiger partial charge in [-0.05, 0) is 17.5 Å². The molecule has 0 radical (unpaired) electrons. The molecule has 1 saturated heterocycles. The number of rotatable bonds is 2. The van der Waals surface area contributed by atoms with Gasteiger partial charge in [-0.2, -0.15) is 0 Å². The fraction of sp³-hybridized carbons (Fsp3) is 0.533. The van der Waals surface area contributed by atoms with Gasteiger partial charge in [0.1, 0.15) is 5.78 Å². The van der Waals surface area contributed by atoms with Gasteiger partial charge in [0.2, 0.25) is 0 Å². The van der Waals surface area contributed by atoms with E-state index < -0.39 is 0 Å². The van der Waals surface area contributed by atoms with Crippen molar-refractivity contribution in [3.8, 4) is 0 Å². The maximum atomic E-state index is 11.5. The van der Waals surface area contributed by atoms with Crippen molar-refractivity contribution in [1.29, 1.82) is 0 Å². The van der Waals surface area contributed by atoms with E-state index in [1.165, 1.54) is 17.5 Å². The number of piperidine rings is 1. The molecule has 0 spiro atoms. The number of carbonyl (C=O) groups excluding carboxylic acids is 1. The van der Waals surface area contributed by atoms with E-state index in [9.17, 15) is 4.79 Å². The van der Waals surface area contributed by atoms with Crippen LogP contribution in [0.4, 0.5) is 0 Å². The Kier molecular flexibility index (Phi) is 2.75. The largest absolute Gasteiger partial charge is 0.302 e. The Labute approximate surface area is 103 Å². The van der Waals surface area contributed by atoms with Crippen LogP contribution in [-0.2, 0) is 11.2 Å². The van der Waals surface area contributed by atoms with E-state index in [0.29, 0.717) is 11.7 Å². The van der Waals surface area contributed by atoms with Crippen molar-refractivity contribution in [1.82, 2.24) is 4.90 Å². The van der Waals surface area contributed by atoms with Gasteiger partial charge in [-0.3, -0.25) is 4.79 Å². The molecule has 1 aliphatic carbocycles. The monoisotopic (exact) mass is 229 g/mol. The fourth-order valence-electron chi connectivity index (χ4n) is 3.10. The zero-order chi connectivity index (χ0) is 11.8. The van der Waals surface area contributed by atoms with Crippen molar-refractivity contribution in [2.24, 2.45) is 5.92 Å². The number of Topliss-reactive ketones (excluding diaryl/α,β-unsaturated/α-hetero) is 1. The number of nitrogens with zero attached hydrogens (tertiary/aromatic N) is 1. The number of ketones is 1. The van der Waals surface area contributed by atoms with E-state index in [1.54, 1.807) is 0 Å². The highest BCUT2D eigenvalue weighted by Gasteiger charge is 2.30. The third kappa shape index (κ3) is 2.02. The van der Waals surface area contributed by atoms with Gasteiger partial charge < -0.3 is 4.90 Å². The van der Waals surface area contributed by atoms with Crippen LogP contribution >= 0.6 is 0 Å². The van der Waals surface area contributed by atoms with Crippen molar-refractivity contribution in [2.75, 3.05) is 19.6 Å². The Morgan fingerprint density at radius 3 is 2.94 bits per heavy atom. The first-order valence-electron chi connectivity index (χ1n) is 6.57. The lowest BCUT2D eigenvalue weighted by atomic mass is 9.77. The van der Waals surface area contributed by atoms with E-state index in [4.69, 9.17) is 0 Å². The van der Waals surface area contributed by atoms with Crippen LogP contribution in [0.3, 0.4) is 0 Å². The van der Waals surface area contributed by atoms with Crippen LogP contribution in [-0.4, -0.2) is 30.3 Å². The minimum Gasteiger partial charge on any atom is -0.302 e. The van der Waals surface area contributed by atoms with Crippen LogP contribution in [0.2, 0.25) is 0 Å². The summed E-state index contributed by atoms with van der Waals surface area (Å²) >= 11 is 0. The van der Waals surface area contributed by atoms with Crippen LogP contribution in [0.25, 0.3) is 0 Å². The van der Waals surface area contributed by atoms with Gasteiger partial charge in [0.05, 0.1) is 0 Å². The van der Waals surface area contributed by atoms with Crippen LogP contribution in [0, 0.1) is 5.92 Å². The molecule has 1 fully saturated rings. The quantitative estimate of drug-likeness (QED) is 0.775. The minimum absolute atomic E-state index is 0.235. The Balaban J connectivity index is 1.61. The van der Waals surface area contributed by atoms with Crippen LogP contribution in [0.1, 0.15) is 30.4 Å². The van der Waals surface area contributed by atoms with Gasteiger partial charge in [-0.25, -0.2) is 0 Å². The fourth-order valence-corrected chi connectivity index (χ4v) is 3.10. The number of fused-ring (bicyclic) bond motifs is 1. The molecular weight excluding hydrogens is 210 g/mol. The van der Waals surface area contributed by atoms with Gasteiger partial charge in [0.15, 0.2) is 0 Å². The molecule has 0 N–H and O–H groups in total. The zero-order valence-electron chi connectivity index (χ0n) is 10.4. The molecule has 0 bridgehead atoms. The zero-order valence-corrected chi connectivity index (χ0v) is 10.4. The molecule has 2 nitrogen and oxygen atoms in total. The lowest BCUT2D eigenvalue weighted by Gasteiger charge is -2.37. The van der Waals surface area contributed by atoms with E-state index in [1.807, 2.05) is 0 Å². The molecule has 1 heterocycles. The van der Waals surface area contributed by atoms with E-state index in [-0.39, 0.29) is 5.92 Å². The van der Waals surface area contributed by atoms with Crippen LogP contribution in [0.15, 0.2) is 24.3 Å². The van der Waals surface area contributed by atoms with Crippen molar-refractivity contribution in [2.45, 2.75) is 25.7 Å². The molecule has 2 unspecified atom stereocenters. The van der Waals surface area contributed by atoms with Crippen molar-refractivity contribution >= 4 is 5.78 Å². The summed E-state index contributed by atoms with van der Waals surface area (Å²) in [6.45, 7) is 5.11. The first-order valence-corrected chi connectivity index (χ1v) is 6.57. The summed E-state index contributed by atoms with van der Waals surface area (Å²) in [4.78, 5) is 13.9. The summed E-state index contributed by atoms with van der Waals surface area (Å²) in [5, 5.41) is 0. The van der Waals surface area contributed by atoms with Crippen LogP contribution in [0.5, 0.6) is 0 Å². The molecule has 0 saturated carbocycles. The van der Waals surface area contributed by atoms with Crippen molar-refractivity contribution in [3.05, 3.63) is 35.4 Å². The van der Waals surface area contributed by atoms with Gasteiger partial charge in [0.25, 0.3) is 0 Å². The predicted octanol–water partition coefficient (Wildman–Crippen LogP) is 2.24. The van der Waals surface area contributed by atoms with E-state index in [2.05, 4.69) is 36.1 Å². The Morgan fingerprint density at radius 1 is 1.35 bits per heavy atom. The average Bonchev–Trinajstić information content (AvgIpc) is 2.31. The SMILES string of the molecule is CC1CN(CC2Cc3ccccc32)CCC1=O. The average molecular weight is 229 g/mol. The summed E-state index contributed by atoms with van der Waals surface area (Å²) < 4.78 is 0. The molecule has 90 valence electrons. The lowest BCUT2D eigenvalue weighted by molar-refractivity contribution is -0.125. The Morgan fingerprint density at radius 2 is 2.18 bits per heavy atom. The molecule has 2 atom stereocenters. The molecular formula is C15H19NO. The normalized spacial score (nSPS) is 28.6. The van der Waals surface area contributed by atoms with E-state index >= 15 is 0 Å².